The van der Waals surface area contributed by atoms with Crippen LogP contribution in [0.1, 0.15) is 30.1 Å². The van der Waals surface area contributed by atoms with Crippen LogP contribution in [0.5, 0.6) is 5.75 Å². The summed E-state index contributed by atoms with van der Waals surface area (Å²) in [5, 5.41) is 0. The molecule has 1 aromatic carbocycles. The van der Waals surface area contributed by atoms with Gasteiger partial charge in [-0.15, -0.1) is 0 Å². The SMILES string of the molecule is CN=C(C=C(N)C1CCOCC1)Oc1cc(C=C=O)ccc1-c1ccc(C(F)CN)cn1. The lowest BCUT2D eigenvalue weighted by atomic mass is 9.96. The molecule has 3 rings (SSSR count). The Hall–Kier alpha value is -3.32. The zero-order valence-corrected chi connectivity index (χ0v) is 18.0. The Bertz CT molecular complexity index is 1020. The van der Waals surface area contributed by atoms with E-state index in [4.69, 9.17) is 20.9 Å². The molecular formula is C24H27FN4O3. The van der Waals surface area contributed by atoms with Gasteiger partial charge in [0, 0.05) is 67.9 Å². The minimum absolute atomic E-state index is 0.112. The molecule has 8 heteroatoms. The Morgan fingerprint density at radius 1 is 1.38 bits per heavy atom. The van der Waals surface area contributed by atoms with Gasteiger partial charge >= 0.3 is 0 Å². The van der Waals surface area contributed by atoms with Gasteiger partial charge in [-0.1, -0.05) is 12.1 Å². The molecule has 0 bridgehead atoms. The molecule has 1 aromatic heterocycles. The highest BCUT2D eigenvalue weighted by atomic mass is 19.1. The summed E-state index contributed by atoms with van der Waals surface area (Å²) >= 11 is 0. The fourth-order valence-electron chi connectivity index (χ4n) is 3.42. The molecule has 1 aliphatic heterocycles. The predicted molar refractivity (Wildman–Crippen MR) is 123 cm³/mol. The van der Waals surface area contributed by atoms with Crippen molar-refractivity contribution in [1.29, 1.82) is 0 Å². The second-order valence-corrected chi connectivity index (χ2v) is 7.39. The minimum Gasteiger partial charge on any atom is -0.439 e. The van der Waals surface area contributed by atoms with Gasteiger partial charge in [0.05, 0.1) is 5.69 Å². The van der Waals surface area contributed by atoms with Gasteiger partial charge in [0.15, 0.2) is 0 Å². The highest BCUT2D eigenvalue weighted by molar-refractivity contribution is 5.91. The van der Waals surface area contributed by atoms with Crippen LogP contribution in [-0.2, 0) is 9.53 Å². The summed E-state index contributed by atoms with van der Waals surface area (Å²) in [7, 11) is 1.61. The van der Waals surface area contributed by atoms with Gasteiger partial charge in [0.25, 0.3) is 0 Å². The third-order valence-corrected chi connectivity index (χ3v) is 5.28. The average molecular weight is 439 g/mol. The van der Waals surface area contributed by atoms with E-state index in [0.717, 1.165) is 12.8 Å². The number of hydrogen-bond donors (Lipinski definition) is 2. The van der Waals surface area contributed by atoms with Crippen LogP contribution in [0.2, 0.25) is 0 Å². The number of aromatic nitrogens is 1. The number of hydrogen-bond acceptors (Lipinski definition) is 7. The summed E-state index contributed by atoms with van der Waals surface area (Å²) in [6, 6.07) is 8.55. The number of carbonyl (C=O) groups excluding carboxylic acids is 1. The highest BCUT2D eigenvalue weighted by Crippen LogP contribution is 2.31. The van der Waals surface area contributed by atoms with Crippen LogP contribution in [0, 0.1) is 5.92 Å². The molecule has 0 spiro atoms. The van der Waals surface area contributed by atoms with E-state index in [0.29, 0.717) is 52.9 Å². The first-order valence-corrected chi connectivity index (χ1v) is 10.4. The lowest BCUT2D eigenvalue weighted by Gasteiger charge is -2.22. The number of pyridine rings is 1. The number of halogens is 1. The number of alkyl halides is 1. The smallest absolute Gasteiger partial charge is 0.216 e. The lowest BCUT2D eigenvalue weighted by molar-refractivity contribution is 0.0754. The topological polar surface area (TPSA) is 113 Å². The van der Waals surface area contributed by atoms with Crippen LogP contribution in [-0.4, -0.2) is 43.6 Å². The van der Waals surface area contributed by atoms with Crippen molar-refractivity contribution in [3.8, 4) is 17.0 Å². The van der Waals surface area contributed by atoms with Crippen LogP contribution in [0.3, 0.4) is 0 Å². The third-order valence-electron chi connectivity index (χ3n) is 5.28. The lowest BCUT2D eigenvalue weighted by Crippen LogP contribution is -2.23. The maximum absolute atomic E-state index is 13.8. The van der Waals surface area contributed by atoms with Gasteiger partial charge in [-0.2, -0.15) is 0 Å². The van der Waals surface area contributed by atoms with Crippen molar-refractivity contribution in [2.75, 3.05) is 26.8 Å². The van der Waals surface area contributed by atoms with Crippen LogP contribution in [0.15, 0.2) is 53.3 Å². The van der Waals surface area contributed by atoms with Crippen LogP contribution < -0.4 is 16.2 Å². The molecule has 1 unspecified atom stereocenters. The second-order valence-electron chi connectivity index (χ2n) is 7.39. The van der Waals surface area contributed by atoms with Crippen molar-refractivity contribution in [3.63, 3.8) is 0 Å². The van der Waals surface area contributed by atoms with Crippen molar-refractivity contribution in [1.82, 2.24) is 4.98 Å². The first kappa shape index (κ1) is 23.3. The molecule has 168 valence electrons. The number of nitrogens with zero attached hydrogens (tertiary/aromatic N) is 2. The Morgan fingerprint density at radius 3 is 2.78 bits per heavy atom. The van der Waals surface area contributed by atoms with Gasteiger partial charge < -0.3 is 20.9 Å². The van der Waals surface area contributed by atoms with Crippen molar-refractivity contribution >= 4 is 17.9 Å². The quantitative estimate of drug-likeness (QED) is 0.390. The second kappa shape index (κ2) is 11.3. The van der Waals surface area contributed by atoms with E-state index in [1.807, 2.05) is 0 Å². The maximum atomic E-state index is 13.8. The molecule has 1 aliphatic rings. The number of benzene rings is 1. The molecule has 0 aliphatic carbocycles. The first-order valence-electron chi connectivity index (χ1n) is 10.4. The van der Waals surface area contributed by atoms with Crippen molar-refractivity contribution in [3.05, 3.63) is 59.4 Å². The Kier molecular flexibility index (Phi) is 8.27. The summed E-state index contributed by atoms with van der Waals surface area (Å²) in [6.07, 6.45) is 4.89. The van der Waals surface area contributed by atoms with E-state index < -0.39 is 6.17 Å². The Morgan fingerprint density at radius 2 is 2.16 bits per heavy atom. The Balaban J connectivity index is 1.92. The molecule has 2 aromatic rings. The number of nitrogens with two attached hydrogens (primary N) is 2. The van der Waals surface area contributed by atoms with Gasteiger partial charge in [0.2, 0.25) is 5.90 Å². The summed E-state index contributed by atoms with van der Waals surface area (Å²) in [6.45, 7) is 1.24. The van der Waals surface area contributed by atoms with Crippen LogP contribution in [0.25, 0.3) is 17.3 Å². The van der Waals surface area contributed by atoms with Gasteiger partial charge in [-0.25, -0.2) is 9.18 Å². The molecule has 0 radical (unpaired) electrons. The van der Waals surface area contributed by atoms with Gasteiger partial charge in [-0.3, -0.25) is 9.98 Å². The molecule has 32 heavy (non-hydrogen) atoms. The monoisotopic (exact) mass is 438 g/mol. The summed E-state index contributed by atoms with van der Waals surface area (Å²) < 4.78 is 25.3. The molecule has 2 heterocycles. The van der Waals surface area contributed by atoms with Crippen molar-refractivity contribution < 1.29 is 18.7 Å². The standard InChI is InChI=1S/C24H27FN4O3/c1-28-24(13-21(27)17-7-10-31-11-8-17)32-23-12-16(6-9-30)2-4-19(23)22-5-3-18(15-29-22)20(25)14-26/h2-6,12-13,15,17,20H,7-8,10-11,14,26-27H2,1H3. The summed E-state index contributed by atoms with van der Waals surface area (Å²) in [4.78, 5) is 19.4. The largest absolute Gasteiger partial charge is 0.439 e. The van der Waals surface area contributed by atoms with Crippen molar-refractivity contribution in [2.24, 2.45) is 22.4 Å². The van der Waals surface area contributed by atoms with Gasteiger partial charge in [-0.05, 0) is 36.6 Å². The first-order chi connectivity index (χ1) is 15.5. The van der Waals surface area contributed by atoms with Crippen molar-refractivity contribution in [2.45, 2.75) is 19.0 Å². The summed E-state index contributed by atoms with van der Waals surface area (Å²) in [5.74, 6) is 2.73. The zero-order valence-electron chi connectivity index (χ0n) is 18.0. The van der Waals surface area contributed by atoms with Crippen LogP contribution in [0.4, 0.5) is 4.39 Å². The Labute approximate surface area is 186 Å². The number of ether oxygens (including phenoxy) is 2. The van der Waals surface area contributed by atoms with E-state index >= 15 is 0 Å². The van der Waals surface area contributed by atoms with Crippen LogP contribution >= 0.6 is 0 Å². The fraction of sp³-hybridized carbons (Fsp3) is 0.333. The molecule has 4 N–H and O–H groups in total. The van der Waals surface area contributed by atoms with Gasteiger partial charge in [0.1, 0.15) is 17.9 Å². The molecular weight excluding hydrogens is 411 g/mol. The summed E-state index contributed by atoms with van der Waals surface area (Å²) in [5.41, 5.74) is 14.6. The molecule has 1 saturated heterocycles. The highest BCUT2D eigenvalue weighted by Gasteiger charge is 2.18. The number of allylic oxidation sites excluding steroid dienone is 1. The molecule has 0 saturated carbocycles. The number of aliphatic imine (C=N–C) groups is 1. The molecule has 1 fully saturated rings. The zero-order chi connectivity index (χ0) is 22.9. The van der Waals surface area contributed by atoms with E-state index in [9.17, 15) is 9.18 Å². The molecule has 7 nitrogen and oxygen atoms in total. The minimum atomic E-state index is -1.27. The fourth-order valence-corrected chi connectivity index (χ4v) is 3.42. The number of rotatable bonds is 7. The van der Waals surface area contributed by atoms with E-state index in [1.165, 1.54) is 12.3 Å². The third kappa shape index (κ3) is 5.88. The normalized spacial score (nSPS) is 16.3. The van der Waals surface area contributed by atoms with E-state index in [2.05, 4.69) is 9.98 Å². The average Bonchev–Trinajstić information content (AvgIpc) is 2.84. The molecule has 0 amide bonds. The van der Waals surface area contributed by atoms with E-state index in [-0.39, 0.29) is 12.5 Å². The predicted octanol–water partition coefficient (Wildman–Crippen LogP) is 3.24. The van der Waals surface area contributed by atoms with E-state index in [1.54, 1.807) is 49.4 Å². The molecule has 1 atom stereocenters. The maximum Gasteiger partial charge on any atom is 0.216 e.